The Hall–Kier alpha value is -3.23. The van der Waals surface area contributed by atoms with Crippen molar-refractivity contribution in [3.05, 3.63) is 29.3 Å². The van der Waals surface area contributed by atoms with Crippen molar-refractivity contribution >= 4 is 35.0 Å². The number of aliphatic carboxylic acids is 1. The standard InChI is InChI=1S/C22H31N3O6.C2H6/c1-4-19(27)14-25(3)20(28)8-6-5-7-9-23-18-11-16(15(2)26)10-17(12-18)22(31)24-13-21(29)30;1-2/h10-12,23H,4-9,13-14H2,1-3H3,(H,24,31)(H,29,30);1-2H3. The zero-order valence-corrected chi connectivity index (χ0v) is 20.3. The minimum Gasteiger partial charge on any atom is -0.480 e. The number of amides is 2. The molecule has 0 aliphatic carbocycles. The van der Waals surface area contributed by atoms with Crippen molar-refractivity contribution in [3.8, 4) is 0 Å². The number of hydrogen-bond donors (Lipinski definition) is 3. The summed E-state index contributed by atoms with van der Waals surface area (Å²) < 4.78 is 0. The van der Waals surface area contributed by atoms with Crippen molar-refractivity contribution in [3.63, 3.8) is 0 Å². The highest BCUT2D eigenvalue weighted by Crippen LogP contribution is 2.16. The van der Waals surface area contributed by atoms with Crippen LogP contribution in [-0.4, -0.2) is 66.0 Å². The third kappa shape index (κ3) is 12.4. The van der Waals surface area contributed by atoms with Crippen LogP contribution in [-0.2, 0) is 14.4 Å². The summed E-state index contributed by atoms with van der Waals surface area (Å²) in [5.74, 6) is -1.96. The van der Waals surface area contributed by atoms with Gasteiger partial charge in [0, 0.05) is 43.2 Å². The van der Waals surface area contributed by atoms with E-state index >= 15 is 0 Å². The van der Waals surface area contributed by atoms with Crippen LogP contribution in [0.15, 0.2) is 18.2 Å². The van der Waals surface area contributed by atoms with Crippen LogP contribution < -0.4 is 10.6 Å². The maximum Gasteiger partial charge on any atom is 0.322 e. The number of carboxylic acid groups (broad SMARTS) is 1. The van der Waals surface area contributed by atoms with E-state index in [-0.39, 0.29) is 29.6 Å². The quantitative estimate of drug-likeness (QED) is 0.285. The maximum absolute atomic E-state index is 12.1. The first kappa shape index (κ1) is 29.8. The fraction of sp³-hybridized carbons (Fsp3) is 0.542. The number of hydrogen-bond acceptors (Lipinski definition) is 6. The second-order valence-electron chi connectivity index (χ2n) is 7.31. The molecule has 0 spiro atoms. The summed E-state index contributed by atoms with van der Waals surface area (Å²) in [6.45, 7) is 7.37. The molecular formula is C24H37N3O6. The predicted octanol–water partition coefficient (Wildman–Crippen LogP) is 3.14. The molecule has 1 aromatic rings. The summed E-state index contributed by atoms with van der Waals surface area (Å²) in [7, 11) is 1.63. The number of carbonyl (C=O) groups is 5. The highest BCUT2D eigenvalue weighted by molar-refractivity contribution is 6.01. The Kier molecular flexibility index (Phi) is 14.8. The van der Waals surface area contributed by atoms with E-state index in [1.54, 1.807) is 26.1 Å². The van der Waals surface area contributed by atoms with Gasteiger partial charge in [0.15, 0.2) is 11.6 Å². The monoisotopic (exact) mass is 463 g/mol. The molecule has 9 heteroatoms. The van der Waals surface area contributed by atoms with Crippen LogP contribution in [0.4, 0.5) is 5.69 Å². The SMILES string of the molecule is CC.CCC(=O)CN(C)C(=O)CCCCCNc1cc(C(C)=O)cc(C(=O)NCC(=O)O)c1. The molecule has 0 fully saturated rings. The molecule has 0 saturated carbocycles. The molecule has 33 heavy (non-hydrogen) atoms. The number of carbonyl (C=O) groups excluding carboxylic acids is 4. The summed E-state index contributed by atoms with van der Waals surface area (Å²) in [6, 6.07) is 4.63. The number of Topliss-reactive ketones (excluding diaryl/α,β-unsaturated/α-hetero) is 2. The van der Waals surface area contributed by atoms with Crippen molar-refractivity contribution in [1.82, 2.24) is 10.2 Å². The highest BCUT2D eigenvalue weighted by atomic mass is 16.4. The third-order valence-electron chi connectivity index (χ3n) is 4.63. The second-order valence-corrected chi connectivity index (χ2v) is 7.31. The topological polar surface area (TPSA) is 133 Å². The first-order chi connectivity index (χ1) is 15.6. The number of nitrogens with zero attached hydrogens (tertiary/aromatic N) is 1. The summed E-state index contributed by atoms with van der Waals surface area (Å²) >= 11 is 0. The maximum atomic E-state index is 12.1. The van der Waals surface area contributed by atoms with Gasteiger partial charge in [-0.15, -0.1) is 0 Å². The summed E-state index contributed by atoms with van der Waals surface area (Å²) in [5, 5.41) is 14.1. The Bertz CT molecular complexity index is 822. The van der Waals surface area contributed by atoms with Gasteiger partial charge in [-0.2, -0.15) is 0 Å². The lowest BCUT2D eigenvalue weighted by molar-refractivity contribution is -0.135. The molecule has 0 aromatic heterocycles. The first-order valence-electron chi connectivity index (χ1n) is 11.3. The van der Waals surface area contributed by atoms with Crippen LogP contribution in [0, 0.1) is 0 Å². The summed E-state index contributed by atoms with van der Waals surface area (Å²) in [5.41, 5.74) is 1.13. The van der Waals surface area contributed by atoms with E-state index in [0.29, 0.717) is 37.1 Å². The van der Waals surface area contributed by atoms with Crippen LogP contribution in [0.5, 0.6) is 0 Å². The lowest BCUT2D eigenvalue weighted by atomic mass is 10.1. The molecule has 0 aliphatic rings. The predicted molar refractivity (Wildman–Crippen MR) is 128 cm³/mol. The number of rotatable bonds is 14. The van der Waals surface area contributed by atoms with Crippen LogP contribution in [0.3, 0.4) is 0 Å². The Morgan fingerprint density at radius 3 is 2.18 bits per heavy atom. The van der Waals surface area contributed by atoms with E-state index in [1.807, 2.05) is 13.8 Å². The number of anilines is 1. The minimum absolute atomic E-state index is 0.0313. The molecule has 9 nitrogen and oxygen atoms in total. The zero-order chi connectivity index (χ0) is 25.4. The number of likely N-dealkylation sites (N-methyl/N-ethyl adjacent to an activating group) is 1. The van der Waals surface area contributed by atoms with E-state index in [0.717, 1.165) is 12.8 Å². The number of ketones is 2. The fourth-order valence-corrected chi connectivity index (χ4v) is 2.79. The summed E-state index contributed by atoms with van der Waals surface area (Å²) in [6.07, 6.45) is 3.06. The Morgan fingerprint density at radius 1 is 0.970 bits per heavy atom. The van der Waals surface area contributed by atoms with E-state index < -0.39 is 18.4 Å². The van der Waals surface area contributed by atoms with Crippen molar-refractivity contribution in [1.29, 1.82) is 0 Å². The molecule has 0 atom stereocenters. The van der Waals surface area contributed by atoms with Gasteiger partial charge in [0.2, 0.25) is 5.91 Å². The number of benzene rings is 1. The third-order valence-corrected chi connectivity index (χ3v) is 4.63. The van der Waals surface area contributed by atoms with Crippen molar-refractivity contribution in [2.45, 2.75) is 59.8 Å². The fourth-order valence-electron chi connectivity index (χ4n) is 2.79. The highest BCUT2D eigenvalue weighted by Gasteiger charge is 2.13. The van der Waals surface area contributed by atoms with Gasteiger partial charge >= 0.3 is 5.97 Å². The van der Waals surface area contributed by atoms with Crippen LogP contribution in [0.25, 0.3) is 0 Å². The molecule has 0 bridgehead atoms. The number of unbranched alkanes of at least 4 members (excludes halogenated alkanes) is 2. The Balaban J connectivity index is 0.00000497. The van der Waals surface area contributed by atoms with Crippen LogP contribution >= 0.6 is 0 Å². The van der Waals surface area contributed by atoms with Gasteiger partial charge < -0.3 is 20.6 Å². The van der Waals surface area contributed by atoms with Crippen molar-refractivity contribution in [2.75, 3.05) is 32.0 Å². The van der Waals surface area contributed by atoms with Gasteiger partial charge in [-0.05, 0) is 38.0 Å². The Morgan fingerprint density at radius 2 is 1.61 bits per heavy atom. The van der Waals surface area contributed by atoms with E-state index in [9.17, 15) is 24.0 Å². The minimum atomic E-state index is -1.16. The summed E-state index contributed by atoms with van der Waals surface area (Å²) in [4.78, 5) is 59.4. The van der Waals surface area contributed by atoms with E-state index in [2.05, 4.69) is 10.6 Å². The average Bonchev–Trinajstić information content (AvgIpc) is 2.80. The first-order valence-corrected chi connectivity index (χ1v) is 11.3. The molecule has 2 amide bonds. The molecule has 0 aliphatic heterocycles. The van der Waals surface area contributed by atoms with Gasteiger partial charge in [0.05, 0.1) is 6.54 Å². The van der Waals surface area contributed by atoms with E-state index in [4.69, 9.17) is 5.11 Å². The van der Waals surface area contributed by atoms with Gasteiger partial charge in [0.1, 0.15) is 6.54 Å². The molecule has 3 N–H and O–H groups in total. The molecule has 0 radical (unpaired) electrons. The normalized spacial score (nSPS) is 9.85. The number of carboxylic acids is 1. The van der Waals surface area contributed by atoms with Crippen LogP contribution in [0.1, 0.15) is 80.5 Å². The molecule has 0 heterocycles. The molecule has 1 aromatic carbocycles. The van der Waals surface area contributed by atoms with Gasteiger partial charge in [-0.1, -0.05) is 27.2 Å². The van der Waals surface area contributed by atoms with Gasteiger partial charge in [-0.3, -0.25) is 24.0 Å². The van der Waals surface area contributed by atoms with Gasteiger partial charge in [0.25, 0.3) is 5.91 Å². The van der Waals surface area contributed by atoms with Gasteiger partial charge in [-0.25, -0.2) is 0 Å². The zero-order valence-electron chi connectivity index (χ0n) is 20.3. The lowest BCUT2D eigenvalue weighted by Crippen LogP contribution is -2.31. The molecule has 184 valence electrons. The molecule has 0 unspecified atom stereocenters. The molecule has 0 saturated heterocycles. The smallest absolute Gasteiger partial charge is 0.322 e. The van der Waals surface area contributed by atoms with E-state index in [1.165, 1.54) is 17.9 Å². The van der Waals surface area contributed by atoms with Crippen molar-refractivity contribution < 1.29 is 29.1 Å². The number of nitrogens with one attached hydrogen (secondary N) is 2. The van der Waals surface area contributed by atoms with Crippen molar-refractivity contribution in [2.24, 2.45) is 0 Å². The largest absolute Gasteiger partial charge is 0.480 e. The average molecular weight is 464 g/mol. The Labute approximate surface area is 195 Å². The second kappa shape index (κ2) is 16.4. The molecular weight excluding hydrogens is 426 g/mol. The molecule has 1 rings (SSSR count). The lowest BCUT2D eigenvalue weighted by Gasteiger charge is -2.15. The van der Waals surface area contributed by atoms with Crippen LogP contribution in [0.2, 0.25) is 0 Å².